The summed E-state index contributed by atoms with van der Waals surface area (Å²) in [4.78, 5) is 140. The van der Waals surface area contributed by atoms with Crippen molar-refractivity contribution in [1.82, 2.24) is 5.32 Å². The predicted molar refractivity (Wildman–Crippen MR) is 526 cm³/mol. The molecule has 0 aromatic heterocycles. The molecule has 0 aliphatic heterocycles. The van der Waals surface area contributed by atoms with Crippen molar-refractivity contribution in [2.24, 2.45) is 21.7 Å². The number of rotatable bonds is 103. The Morgan fingerprint density at radius 1 is 0.196 bits per heavy atom. The molecule has 1 aromatic carbocycles. The van der Waals surface area contributed by atoms with E-state index in [-0.39, 0.29) is 370 Å². The summed E-state index contributed by atoms with van der Waals surface area (Å²) in [5.41, 5.74) is -3.10. The number of amides is 2. The number of carbonyl (C=O) groups is 12. The molecule has 0 heterocycles. The monoisotopic (exact) mass is 2120 g/mol. The fourth-order valence-electron chi connectivity index (χ4n) is 11.0. The van der Waals surface area contributed by atoms with Crippen LogP contribution in [0.2, 0.25) is 0 Å². The Bertz CT molecular complexity index is 3600. The lowest BCUT2D eigenvalue weighted by Gasteiger charge is -2.36. The molecule has 48 heteroatoms. The van der Waals surface area contributed by atoms with E-state index in [4.69, 9.17) is 161 Å². The van der Waals surface area contributed by atoms with E-state index in [0.717, 1.165) is 66.3 Å². The number of carbonyl (C=O) groups excluding carboxylic acids is 12. The maximum Gasteiger partial charge on any atom is 0.411 e. The van der Waals surface area contributed by atoms with Gasteiger partial charge in [0, 0.05) is 73.5 Å². The van der Waals surface area contributed by atoms with Crippen LogP contribution < -0.4 is 10.6 Å². The van der Waals surface area contributed by atoms with Gasteiger partial charge in [-0.05, 0) is 18.6 Å². The number of anilines is 1. The number of aryl methyl sites for hydroxylation is 1. The Morgan fingerprint density at radius 3 is 0.500 bits per heavy atom. The first kappa shape index (κ1) is 137. The zero-order chi connectivity index (χ0) is 109. The number of benzene rings is 1. The van der Waals surface area contributed by atoms with E-state index in [2.05, 4.69) is 76.4 Å². The van der Waals surface area contributed by atoms with Gasteiger partial charge in [0.1, 0.15) is 79.3 Å². The minimum absolute atomic E-state index is 0.00128. The molecule has 0 radical (unpaired) electrons. The highest BCUT2D eigenvalue weighted by atomic mass is 16.6. The molecule has 2 amide bonds. The Balaban J connectivity index is 0.00000293. The average molecular weight is 2120 g/mol. The second-order valence-electron chi connectivity index (χ2n) is 30.7. The SMILES string of the molecule is C=CC(=O)OCCOCCOCC(COCCOCCOC(=O)C=C)(COCCOCCOC(=O)C=C)COCC(COCCOCCOC(=O)C=C)(COCCOCCOC(=O)C=C)COC(=O)NC.C=CC(=O)OCCOCCOCC(COCCOCCOC(=O)C=C)(COCCOCCOC(=O)C=C)COCC(COCCOCCOC(=O)C=C)(COCCOCCOC(=O)C=C)COC(=O)Nc1ccccc1C. The summed E-state index contributed by atoms with van der Waals surface area (Å²) in [5, 5.41) is 5.20. The first-order valence-corrected chi connectivity index (χ1v) is 47.3. The van der Waals surface area contributed by atoms with Gasteiger partial charge in [-0.1, -0.05) is 84.0 Å². The van der Waals surface area contributed by atoms with Gasteiger partial charge in [-0.25, -0.2) is 57.5 Å². The molecule has 0 aliphatic carbocycles. The van der Waals surface area contributed by atoms with Gasteiger partial charge in [0.2, 0.25) is 0 Å². The Hall–Kier alpha value is -11.0. The van der Waals surface area contributed by atoms with E-state index in [1.807, 2.05) is 19.1 Å². The molecular formula is C100H154N2O46. The van der Waals surface area contributed by atoms with Crippen LogP contribution in [0.3, 0.4) is 0 Å². The molecule has 0 unspecified atom stereocenters. The van der Waals surface area contributed by atoms with Gasteiger partial charge in [-0.2, -0.15) is 0 Å². The molecule has 0 aliphatic rings. The third kappa shape index (κ3) is 80.0. The van der Waals surface area contributed by atoms with Gasteiger partial charge in [-0.15, -0.1) is 0 Å². The predicted octanol–water partition coefficient (Wildman–Crippen LogP) is 4.49. The molecule has 0 fully saturated rings. The first-order chi connectivity index (χ1) is 71.8. The summed E-state index contributed by atoms with van der Waals surface area (Å²) in [6, 6.07) is 7.17. The van der Waals surface area contributed by atoms with Crippen LogP contribution in [0.25, 0.3) is 0 Å². The van der Waals surface area contributed by atoms with Gasteiger partial charge in [0.25, 0.3) is 0 Å². The fourth-order valence-corrected chi connectivity index (χ4v) is 11.0. The van der Waals surface area contributed by atoms with Gasteiger partial charge >= 0.3 is 71.9 Å². The zero-order valence-electron chi connectivity index (χ0n) is 85.5. The van der Waals surface area contributed by atoms with Crippen molar-refractivity contribution in [3.63, 3.8) is 0 Å². The molecule has 840 valence electrons. The van der Waals surface area contributed by atoms with Gasteiger partial charge in [-0.3, -0.25) is 5.32 Å². The zero-order valence-corrected chi connectivity index (χ0v) is 85.5. The third-order valence-electron chi connectivity index (χ3n) is 18.4. The molecule has 1 aromatic rings. The van der Waals surface area contributed by atoms with Crippen molar-refractivity contribution < 1.29 is 219 Å². The molecule has 1 rings (SSSR count). The normalized spacial score (nSPS) is 11.2. The van der Waals surface area contributed by atoms with Crippen LogP contribution in [0.15, 0.2) is 151 Å². The van der Waals surface area contributed by atoms with Crippen LogP contribution in [-0.4, -0.2) is 449 Å². The second-order valence-corrected chi connectivity index (χ2v) is 30.7. The molecule has 0 spiro atoms. The average Bonchev–Trinajstić information content (AvgIpc) is 0.844. The maximum atomic E-state index is 13.4. The lowest BCUT2D eigenvalue weighted by Crippen LogP contribution is -2.47. The van der Waals surface area contributed by atoms with Gasteiger partial charge < -0.3 is 166 Å². The molecule has 148 heavy (non-hydrogen) atoms. The summed E-state index contributed by atoms with van der Waals surface area (Å²) in [7, 11) is 1.41. The summed E-state index contributed by atoms with van der Waals surface area (Å²) < 4.78 is 191. The number of alkyl carbamates (subject to hydrolysis) is 1. The van der Waals surface area contributed by atoms with Crippen molar-refractivity contribution >= 4 is 77.6 Å². The maximum absolute atomic E-state index is 13.4. The highest BCUT2D eigenvalue weighted by Crippen LogP contribution is 2.29. The third-order valence-corrected chi connectivity index (χ3v) is 18.4. The largest absolute Gasteiger partial charge is 0.460 e. The van der Waals surface area contributed by atoms with Crippen molar-refractivity contribution in [2.75, 3.05) is 382 Å². The summed E-state index contributed by atoms with van der Waals surface area (Å²) in [5.74, 6) is -5.83. The highest BCUT2D eigenvalue weighted by Gasteiger charge is 2.40. The van der Waals surface area contributed by atoms with Crippen LogP contribution in [0, 0.1) is 28.6 Å². The summed E-state index contributed by atoms with van der Waals surface area (Å²) in [6.07, 6.45) is 8.98. The van der Waals surface area contributed by atoms with E-state index >= 15 is 0 Å². The van der Waals surface area contributed by atoms with Crippen molar-refractivity contribution in [3.8, 4) is 0 Å². The van der Waals surface area contributed by atoms with Crippen molar-refractivity contribution in [2.45, 2.75) is 6.92 Å². The number of ether oxygens (including phenoxy) is 34. The Labute approximate surface area is 865 Å². The van der Waals surface area contributed by atoms with Gasteiger partial charge in [0.05, 0.1) is 312 Å². The van der Waals surface area contributed by atoms with E-state index in [1.54, 1.807) is 12.1 Å². The van der Waals surface area contributed by atoms with Crippen molar-refractivity contribution in [3.05, 3.63) is 156 Å². The number of nitrogens with one attached hydrogen (secondary N) is 2. The quantitative estimate of drug-likeness (QED) is 0.0392. The van der Waals surface area contributed by atoms with Crippen LogP contribution in [-0.2, 0) is 209 Å². The van der Waals surface area contributed by atoms with Crippen LogP contribution in [0.4, 0.5) is 15.3 Å². The molecule has 2 N–H and O–H groups in total. The highest BCUT2D eigenvalue weighted by molar-refractivity contribution is 5.86. The summed E-state index contributed by atoms with van der Waals surface area (Å²) >= 11 is 0. The van der Waals surface area contributed by atoms with Crippen molar-refractivity contribution in [1.29, 1.82) is 0 Å². The minimum Gasteiger partial charge on any atom is -0.460 e. The standard InChI is InChI=1S/C53H79NO23.C47H75NO23/c1-7-46(55)72-31-26-61-16-21-66-36-52(37-67-22-17-62-27-32-73-47(56)8-2,38-68-23-18-63-28-33-74-48(57)9-3)41-71-42-53(39-69-24-19-64-29-34-75-49(58)10-4,40-70-25-20-65-30-35-76-50(59)11-5)43-77-51(60)54-45-15-13-12-14-44(45)6;1-7-40(49)66-27-22-55-12-17-60-32-46(33-61-18-13-56-23-28-67-41(50)8-2,34-62-19-14-57-24-29-68-42(51)9-3)37-65-38-47(39-71-45(54)48-6,35-63-20-15-58-25-30-69-43(52)10-4)36-64-21-16-59-26-31-70-44(53)11-5/h7-15H,1-5,16-43H2,6H3,(H,54,60);7-11H,1-5,12-39H2,6H3,(H,48,54). The molecule has 0 bridgehead atoms. The summed E-state index contributed by atoms with van der Waals surface area (Å²) in [6.45, 7) is 37.6. The first-order valence-electron chi connectivity index (χ1n) is 47.3. The van der Waals surface area contributed by atoms with Crippen LogP contribution >= 0.6 is 0 Å². The van der Waals surface area contributed by atoms with E-state index in [0.29, 0.717) is 5.69 Å². The number of hydrogen-bond donors (Lipinski definition) is 2. The smallest absolute Gasteiger partial charge is 0.411 e. The molecular weight excluding hydrogens is 1970 g/mol. The second kappa shape index (κ2) is 95.6. The van der Waals surface area contributed by atoms with Crippen LogP contribution in [0.5, 0.6) is 0 Å². The Morgan fingerprint density at radius 2 is 0.338 bits per heavy atom. The number of esters is 10. The minimum atomic E-state index is -1.20. The lowest BCUT2D eigenvalue weighted by molar-refractivity contribution is -0.148. The van der Waals surface area contributed by atoms with E-state index in [1.165, 1.54) is 7.05 Å². The molecule has 48 nitrogen and oxygen atoms in total. The lowest BCUT2D eigenvalue weighted by atomic mass is 9.90. The Kier molecular flexibility index (Phi) is 88.5. The van der Waals surface area contributed by atoms with E-state index < -0.39 is 93.5 Å². The fraction of sp³-hybridized carbons (Fsp3) is 0.620. The van der Waals surface area contributed by atoms with E-state index in [9.17, 15) is 57.5 Å². The molecule has 0 atom stereocenters. The number of para-hydroxylation sites is 1. The molecule has 0 saturated heterocycles. The van der Waals surface area contributed by atoms with Crippen LogP contribution in [0.1, 0.15) is 5.56 Å². The van der Waals surface area contributed by atoms with Gasteiger partial charge in [0.15, 0.2) is 0 Å². The topological polar surface area (TPSA) is 543 Å². The number of hydrogen-bond acceptors (Lipinski definition) is 46. The molecule has 0 saturated carbocycles.